The van der Waals surface area contributed by atoms with Crippen molar-refractivity contribution in [1.29, 1.82) is 0 Å². The van der Waals surface area contributed by atoms with E-state index in [1.54, 1.807) is 0 Å². The number of likely N-dealkylation sites (N-methyl/N-ethyl adjacent to an activating group) is 2. The molecular formula is C21H27N7O. The zero-order valence-electron chi connectivity index (χ0n) is 17.3. The summed E-state index contributed by atoms with van der Waals surface area (Å²) in [6.07, 6.45) is 2.91. The Labute approximate surface area is 170 Å². The molecule has 0 saturated heterocycles. The van der Waals surface area contributed by atoms with Crippen molar-refractivity contribution < 1.29 is 4.79 Å². The second kappa shape index (κ2) is 8.83. The van der Waals surface area contributed by atoms with Crippen molar-refractivity contribution in [1.82, 2.24) is 25.2 Å². The molecule has 0 bridgehead atoms. The number of nitrogens with two attached hydrogens (primary N) is 1. The van der Waals surface area contributed by atoms with E-state index in [0.717, 1.165) is 40.9 Å². The van der Waals surface area contributed by atoms with Gasteiger partial charge in [-0.3, -0.25) is 4.79 Å². The number of para-hydroxylation sites is 1. The zero-order valence-corrected chi connectivity index (χ0v) is 17.3. The van der Waals surface area contributed by atoms with Crippen LogP contribution in [0.3, 0.4) is 0 Å². The van der Waals surface area contributed by atoms with Crippen LogP contribution in [0.15, 0.2) is 36.7 Å². The minimum atomic E-state index is -0.359. The Morgan fingerprint density at radius 2 is 1.90 bits per heavy atom. The van der Waals surface area contributed by atoms with E-state index in [9.17, 15) is 4.79 Å². The van der Waals surface area contributed by atoms with E-state index in [1.165, 1.54) is 12.4 Å². The number of anilines is 2. The number of hydrogen-bond donors (Lipinski definition) is 2. The highest BCUT2D eigenvalue weighted by Crippen LogP contribution is 2.25. The number of carbonyl (C=O) groups excluding carboxylic acids is 1. The third-order valence-corrected chi connectivity index (χ3v) is 4.73. The van der Waals surface area contributed by atoms with Gasteiger partial charge in [-0.15, -0.1) is 0 Å². The maximum atomic E-state index is 12.5. The van der Waals surface area contributed by atoms with Crippen LogP contribution in [0.1, 0.15) is 21.6 Å². The Balaban J connectivity index is 1.91. The predicted octanol–water partition coefficient (Wildman–Crippen LogP) is 1.84. The summed E-state index contributed by atoms with van der Waals surface area (Å²) in [6.45, 7) is 4.08. The lowest BCUT2D eigenvalue weighted by molar-refractivity contribution is 0.0946. The Kier molecular flexibility index (Phi) is 6.23. The number of nitrogen functional groups attached to an aromatic ring is 1. The molecule has 0 unspecified atom stereocenters. The number of amides is 1. The average Bonchev–Trinajstić information content (AvgIpc) is 2.70. The van der Waals surface area contributed by atoms with Crippen LogP contribution < -0.4 is 16.0 Å². The van der Waals surface area contributed by atoms with E-state index in [4.69, 9.17) is 10.7 Å². The van der Waals surface area contributed by atoms with Crippen molar-refractivity contribution in [3.63, 3.8) is 0 Å². The first-order chi connectivity index (χ1) is 13.9. The van der Waals surface area contributed by atoms with Crippen LogP contribution in [0.4, 0.5) is 11.6 Å². The molecular weight excluding hydrogens is 366 g/mol. The number of nitrogens with zero attached hydrogens (tertiary/aromatic N) is 5. The highest BCUT2D eigenvalue weighted by Gasteiger charge is 2.16. The fourth-order valence-electron chi connectivity index (χ4n) is 3.08. The van der Waals surface area contributed by atoms with Gasteiger partial charge in [0.25, 0.3) is 5.91 Å². The summed E-state index contributed by atoms with van der Waals surface area (Å²) in [5.74, 6) is 0.600. The summed E-state index contributed by atoms with van der Waals surface area (Å²) >= 11 is 0. The largest absolute Gasteiger partial charge is 0.382 e. The van der Waals surface area contributed by atoms with Crippen LogP contribution in [-0.4, -0.2) is 60.0 Å². The Morgan fingerprint density at radius 3 is 2.62 bits per heavy atom. The van der Waals surface area contributed by atoms with E-state index in [0.29, 0.717) is 6.54 Å². The normalized spacial score (nSPS) is 11.1. The van der Waals surface area contributed by atoms with Gasteiger partial charge in [0.1, 0.15) is 5.82 Å². The average molecular weight is 393 g/mol. The van der Waals surface area contributed by atoms with Gasteiger partial charge in [0.05, 0.1) is 5.52 Å². The number of pyridine rings is 1. The van der Waals surface area contributed by atoms with Gasteiger partial charge >= 0.3 is 0 Å². The molecule has 8 heteroatoms. The lowest BCUT2D eigenvalue weighted by Gasteiger charge is -2.24. The van der Waals surface area contributed by atoms with Crippen molar-refractivity contribution >= 4 is 28.4 Å². The van der Waals surface area contributed by atoms with Crippen LogP contribution in [0.25, 0.3) is 10.9 Å². The van der Waals surface area contributed by atoms with Gasteiger partial charge < -0.3 is 20.9 Å². The molecule has 1 amide bonds. The molecule has 3 rings (SSSR count). The van der Waals surface area contributed by atoms with Crippen molar-refractivity contribution in [2.75, 3.05) is 44.9 Å². The molecule has 152 valence electrons. The molecule has 3 N–H and O–H groups in total. The molecule has 0 atom stereocenters. The quantitative estimate of drug-likeness (QED) is 0.632. The first-order valence-corrected chi connectivity index (χ1v) is 9.46. The molecule has 0 spiro atoms. The summed E-state index contributed by atoms with van der Waals surface area (Å²) in [6, 6.07) is 8.18. The van der Waals surface area contributed by atoms with E-state index in [2.05, 4.69) is 44.1 Å². The monoisotopic (exact) mass is 393 g/mol. The number of aryl methyl sites for hydroxylation is 1. The van der Waals surface area contributed by atoms with Gasteiger partial charge in [-0.05, 0) is 32.6 Å². The second-order valence-electron chi connectivity index (χ2n) is 7.32. The lowest BCUT2D eigenvalue weighted by atomic mass is 10.1. The molecule has 0 aliphatic heterocycles. The SMILES string of the molecule is Cc1cccc2cc(CNC(=O)c3nccnc3N)c(N(C)CCN(C)C)nc12. The molecule has 1 aromatic carbocycles. The first-order valence-electron chi connectivity index (χ1n) is 9.46. The number of hydrogen-bond acceptors (Lipinski definition) is 7. The second-order valence-corrected chi connectivity index (χ2v) is 7.32. The van der Waals surface area contributed by atoms with Crippen LogP contribution in [-0.2, 0) is 6.54 Å². The number of carbonyl (C=O) groups is 1. The van der Waals surface area contributed by atoms with Gasteiger partial charge in [0.15, 0.2) is 11.5 Å². The van der Waals surface area contributed by atoms with Crippen molar-refractivity contribution in [2.45, 2.75) is 13.5 Å². The van der Waals surface area contributed by atoms with Crippen molar-refractivity contribution in [2.24, 2.45) is 0 Å². The smallest absolute Gasteiger partial charge is 0.273 e. The molecule has 0 aliphatic rings. The maximum absolute atomic E-state index is 12.5. The lowest BCUT2D eigenvalue weighted by Crippen LogP contribution is -2.31. The molecule has 0 aliphatic carbocycles. The van der Waals surface area contributed by atoms with Crippen molar-refractivity contribution in [3.8, 4) is 0 Å². The first kappa shape index (κ1) is 20.5. The fourth-order valence-corrected chi connectivity index (χ4v) is 3.08. The summed E-state index contributed by atoms with van der Waals surface area (Å²) in [5, 5.41) is 3.94. The topological polar surface area (TPSA) is 100 Å². The molecule has 0 fully saturated rings. The standard InChI is InChI=1S/C21H27N7O/c1-14-6-5-7-15-12-16(13-25-21(29)18-19(22)24-9-8-23-18)20(26-17(14)15)28(4)11-10-27(2)3/h5-9,12H,10-11,13H2,1-4H3,(H2,22,24)(H,25,29). The molecule has 3 aromatic rings. The molecule has 2 heterocycles. The van der Waals surface area contributed by atoms with Crippen LogP contribution in [0, 0.1) is 6.92 Å². The zero-order chi connectivity index (χ0) is 21.0. The molecule has 0 saturated carbocycles. The van der Waals surface area contributed by atoms with Gasteiger partial charge in [-0.1, -0.05) is 18.2 Å². The highest BCUT2D eigenvalue weighted by atomic mass is 16.1. The maximum Gasteiger partial charge on any atom is 0.273 e. The third-order valence-electron chi connectivity index (χ3n) is 4.73. The van der Waals surface area contributed by atoms with Crippen molar-refractivity contribution in [3.05, 3.63) is 53.5 Å². The molecule has 29 heavy (non-hydrogen) atoms. The van der Waals surface area contributed by atoms with E-state index in [-0.39, 0.29) is 17.4 Å². The number of rotatable bonds is 7. The van der Waals surface area contributed by atoms with E-state index in [1.807, 2.05) is 33.3 Å². The molecule has 0 radical (unpaired) electrons. The van der Waals surface area contributed by atoms with Gasteiger partial charge in [0.2, 0.25) is 0 Å². The van der Waals surface area contributed by atoms with E-state index >= 15 is 0 Å². The Bertz CT molecular complexity index is 1020. The highest BCUT2D eigenvalue weighted by molar-refractivity contribution is 5.96. The minimum absolute atomic E-state index is 0.112. The van der Waals surface area contributed by atoms with Gasteiger partial charge in [0, 0.05) is 50.0 Å². The van der Waals surface area contributed by atoms with Gasteiger partial charge in [-0.25, -0.2) is 15.0 Å². The number of nitrogens with one attached hydrogen (secondary N) is 1. The number of aromatic nitrogens is 3. The van der Waals surface area contributed by atoms with Gasteiger partial charge in [-0.2, -0.15) is 0 Å². The molecule has 2 aromatic heterocycles. The fraction of sp³-hybridized carbons (Fsp3) is 0.333. The number of fused-ring (bicyclic) bond motifs is 1. The summed E-state index contributed by atoms with van der Waals surface area (Å²) in [5.41, 5.74) is 8.91. The molecule has 8 nitrogen and oxygen atoms in total. The summed E-state index contributed by atoms with van der Waals surface area (Å²) in [4.78, 5) is 29.6. The summed E-state index contributed by atoms with van der Waals surface area (Å²) < 4.78 is 0. The third kappa shape index (κ3) is 4.78. The summed E-state index contributed by atoms with van der Waals surface area (Å²) in [7, 11) is 6.10. The predicted molar refractivity (Wildman–Crippen MR) is 116 cm³/mol. The van der Waals surface area contributed by atoms with Crippen LogP contribution >= 0.6 is 0 Å². The Morgan fingerprint density at radius 1 is 1.14 bits per heavy atom. The number of benzene rings is 1. The van der Waals surface area contributed by atoms with Crippen LogP contribution in [0.5, 0.6) is 0 Å². The van der Waals surface area contributed by atoms with Crippen LogP contribution in [0.2, 0.25) is 0 Å². The Hall–Kier alpha value is -3.26. The minimum Gasteiger partial charge on any atom is -0.382 e. The van der Waals surface area contributed by atoms with E-state index < -0.39 is 0 Å².